The van der Waals surface area contributed by atoms with Crippen molar-refractivity contribution in [2.75, 3.05) is 25.5 Å². The second-order valence-corrected chi connectivity index (χ2v) is 7.29. The zero-order valence-corrected chi connectivity index (χ0v) is 16.9. The largest absolute Gasteiger partial charge is 0.386 e. The third-order valence-electron chi connectivity index (χ3n) is 5.18. The molecule has 1 amide bonds. The maximum Gasteiger partial charge on any atom is 0.253 e. The number of rotatable bonds is 5. The molecule has 4 rings (SSSR count). The van der Waals surface area contributed by atoms with Crippen LogP contribution in [0.4, 0.5) is 15.8 Å². The number of piperidine rings is 1. The van der Waals surface area contributed by atoms with Crippen LogP contribution in [0.3, 0.4) is 0 Å². The monoisotopic (exact) mass is 405 g/mol. The molecule has 1 aromatic heterocycles. The molecule has 2 aromatic carbocycles. The van der Waals surface area contributed by atoms with Gasteiger partial charge in [0.2, 0.25) is 0 Å². The van der Waals surface area contributed by atoms with Crippen LogP contribution in [0, 0.1) is 5.82 Å². The molecule has 1 N–H and O–H groups in total. The Balaban J connectivity index is 1.51. The first-order valence-corrected chi connectivity index (χ1v) is 10.1. The minimum Gasteiger partial charge on any atom is -0.386 e. The van der Waals surface area contributed by atoms with Crippen molar-refractivity contribution in [1.29, 1.82) is 0 Å². The van der Waals surface area contributed by atoms with Crippen molar-refractivity contribution in [3.63, 3.8) is 0 Å². The molecule has 1 saturated heterocycles. The number of hydrogen-bond acceptors (Lipinski definition) is 4. The summed E-state index contributed by atoms with van der Waals surface area (Å²) >= 11 is 0. The normalized spacial score (nSPS) is 14.3. The SMILES string of the molecule is CNc1cc(C(=O)N2CCCCC2)ccc1N=Cc1cnn(-c2cccc(F)c2)c1. The van der Waals surface area contributed by atoms with Gasteiger partial charge in [-0.2, -0.15) is 5.10 Å². The van der Waals surface area contributed by atoms with E-state index in [0.29, 0.717) is 11.3 Å². The summed E-state index contributed by atoms with van der Waals surface area (Å²) < 4.78 is 15.0. The number of carbonyl (C=O) groups is 1. The minimum atomic E-state index is -0.309. The summed E-state index contributed by atoms with van der Waals surface area (Å²) in [5, 5.41) is 7.38. The third-order valence-corrected chi connectivity index (χ3v) is 5.18. The lowest BCUT2D eigenvalue weighted by atomic mass is 10.1. The van der Waals surface area contributed by atoms with E-state index >= 15 is 0 Å². The van der Waals surface area contributed by atoms with E-state index in [2.05, 4.69) is 15.4 Å². The predicted octanol–water partition coefficient (Wildman–Crippen LogP) is 4.43. The second-order valence-electron chi connectivity index (χ2n) is 7.29. The van der Waals surface area contributed by atoms with E-state index in [1.807, 2.05) is 30.1 Å². The van der Waals surface area contributed by atoms with Crippen LogP contribution in [0.1, 0.15) is 35.2 Å². The van der Waals surface area contributed by atoms with Crippen molar-refractivity contribution >= 4 is 23.5 Å². The van der Waals surface area contributed by atoms with E-state index in [4.69, 9.17) is 0 Å². The van der Waals surface area contributed by atoms with Crippen molar-refractivity contribution in [2.45, 2.75) is 19.3 Å². The lowest BCUT2D eigenvalue weighted by molar-refractivity contribution is 0.0724. The highest BCUT2D eigenvalue weighted by atomic mass is 19.1. The zero-order valence-electron chi connectivity index (χ0n) is 16.9. The average molecular weight is 405 g/mol. The van der Waals surface area contributed by atoms with Gasteiger partial charge in [-0.05, 0) is 55.7 Å². The van der Waals surface area contributed by atoms with Crippen LogP contribution in [0.5, 0.6) is 0 Å². The summed E-state index contributed by atoms with van der Waals surface area (Å²) in [6, 6.07) is 11.8. The molecule has 7 heteroatoms. The van der Waals surface area contributed by atoms with Crippen LogP contribution in [-0.4, -0.2) is 46.9 Å². The van der Waals surface area contributed by atoms with Crippen molar-refractivity contribution in [1.82, 2.24) is 14.7 Å². The Bertz CT molecular complexity index is 1070. The smallest absolute Gasteiger partial charge is 0.253 e. The average Bonchev–Trinajstić information content (AvgIpc) is 3.27. The molecule has 0 atom stereocenters. The molecule has 1 fully saturated rings. The first-order valence-electron chi connectivity index (χ1n) is 10.1. The Hall–Kier alpha value is -3.48. The number of hydrogen-bond donors (Lipinski definition) is 1. The van der Waals surface area contributed by atoms with E-state index in [1.165, 1.54) is 18.6 Å². The maximum atomic E-state index is 13.4. The highest BCUT2D eigenvalue weighted by Crippen LogP contribution is 2.27. The van der Waals surface area contributed by atoms with Gasteiger partial charge < -0.3 is 10.2 Å². The van der Waals surface area contributed by atoms with Crippen molar-refractivity contribution in [3.05, 3.63) is 71.8 Å². The van der Waals surface area contributed by atoms with Gasteiger partial charge >= 0.3 is 0 Å². The van der Waals surface area contributed by atoms with Gasteiger partial charge in [0.25, 0.3) is 5.91 Å². The first-order chi connectivity index (χ1) is 14.6. The van der Waals surface area contributed by atoms with Crippen molar-refractivity contribution < 1.29 is 9.18 Å². The highest BCUT2D eigenvalue weighted by molar-refractivity contribution is 5.96. The van der Waals surface area contributed by atoms with Gasteiger partial charge in [0.05, 0.1) is 23.3 Å². The number of carbonyl (C=O) groups excluding carboxylic acids is 1. The number of aliphatic imine (C=N–C) groups is 1. The minimum absolute atomic E-state index is 0.0677. The zero-order chi connectivity index (χ0) is 20.9. The fourth-order valence-corrected chi connectivity index (χ4v) is 3.57. The summed E-state index contributed by atoms with van der Waals surface area (Å²) in [6.07, 6.45) is 8.47. The van der Waals surface area contributed by atoms with E-state index in [0.717, 1.165) is 42.9 Å². The summed E-state index contributed by atoms with van der Waals surface area (Å²) in [7, 11) is 1.81. The molecular formula is C23H24FN5O. The second kappa shape index (κ2) is 8.90. The molecule has 2 heterocycles. The summed E-state index contributed by atoms with van der Waals surface area (Å²) in [5.74, 6) is -0.242. The van der Waals surface area contributed by atoms with E-state index in [9.17, 15) is 9.18 Å². The lowest BCUT2D eigenvalue weighted by Gasteiger charge is -2.27. The number of aromatic nitrogens is 2. The molecule has 0 spiro atoms. The van der Waals surface area contributed by atoms with Gasteiger partial charge in [-0.15, -0.1) is 0 Å². The number of amides is 1. The van der Waals surface area contributed by atoms with Gasteiger partial charge in [-0.3, -0.25) is 9.79 Å². The summed E-state index contributed by atoms with van der Waals surface area (Å²) in [6.45, 7) is 1.64. The number of nitrogens with one attached hydrogen (secondary N) is 1. The summed E-state index contributed by atoms with van der Waals surface area (Å²) in [4.78, 5) is 19.2. The van der Waals surface area contributed by atoms with Crippen LogP contribution in [0.15, 0.2) is 59.9 Å². The number of anilines is 1. The van der Waals surface area contributed by atoms with Gasteiger partial charge in [0, 0.05) is 43.7 Å². The fraction of sp³-hybridized carbons (Fsp3) is 0.261. The summed E-state index contributed by atoms with van der Waals surface area (Å²) in [5.41, 5.74) is 3.61. The van der Waals surface area contributed by atoms with Gasteiger partial charge in [0.1, 0.15) is 5.82 Å². The number of benzene rings is 2. The first kappa shape index (κ1) is 19.8. The molecule has 0 unspecified atom stereocenters. The molecule has 0 radical (unpaired) electrons. The molecule has 6 nitrogen and oxygen atoms in total. The van der Waals surface area contributed by atoms with Gasteiger partial charge in [-0.1, -0.05) is 6.07 Å². The highest BCUT2D eigenvalue weighted by Gasteiger charge is 2.19. The maximum absolute atomic E-state index is 13.4. The van der Waals surface area contributed by atoms with E-state index in [-0.39, 0.29) is 11.7 Å². The molecule has 1 aliphatic rings. The predicted molar refractivity (Wildman–Crippen MR) is 117 cm³/mol. The van der Waals surface area contributed by atoms with Gasteiger partial charge in [-0.25, -0.2) is 9.07 Å². The quantitative estimate of drug-likeness (QED) is 0.639. The molecule has 154 valence electrons. The molecule has 0 saturated carbocycles. The standard InChI is InChI=1S/C23H24FN5O/c1-25-22-12-18(23(30)28-10-3-2-4-11-28)8-9-21(22)26-14-17-15-27-29(16-17)20-7-5-6-19(24)13-20/h5-9,12-16,25H,2-4,10-11H2,1H3. The molecule has 0 aliphatic carbocycles. The molecular weight excluding hydrogens is 381 g/mol. The fourth-order valence-electron chi connectivity index (χ4n) is 3.57. The van der Waals surface area contributed by atoms with Crippen LogP contribution in [-0.2, 0) is 0 Å². The van der Waals surface area contributed by atoms with E-state index in [1.54, 1.807) is 35.4 Å². The molecule has 1 aliphatic heterocycles. The Morgan fingerprint density at radius 3 is 2.77 bits per heavy atom. The number of halogens is 1. The van der Waals surface area contributed by atoms with Crippen LogP contribution < -0.4 is 5.32 Å². The Labute approximate surface area is 175 Å². The van der Waals surface area contributed by atoms with Crippen LogP contribution in [0.2, 0.25) is 0 Å². The number of likely N-dealkylation sites (tertiary alicyclic amines) is 1. The molecule has 3 aromatic rings. The van der Waals surface area contributed by atoms with Crippen LogP contribution in [0.25, 0.3) is 5.69 Å². The Kier molecular flexibility index (Phi) is 5.88. The topological polar surface area (TPSA) is 62.5 Å². The van der Waals surface area contributed by atoms with Crippen LogP contribution >= 0.6 is 0 Å². The Morgan fingerprint density at radius 2 is 2.00 bits per heavy atom. The Morgan fingerprint density at radius 1 is 1.17 bits per heavy atom. The number of nitrogens with zero attached hydrogens (tertiary/aromatic N) is 4. The molecule has 0 bridgehead atoms. The van der Waals surface area contributed by atoms with Crippen molar-refractivity contribution in [2.24, 2.45) is 4.99 Å². The third kappa shape index (κ3) is 4.40. The van der Waals surface area contributed by atoms with Crippen molar-refractivity contribution in [3.8, 4) is 5.69 Å². The van der Waals surface area contributed by atoms with Gasteiger partial charge in [0.15, 0.2) is 0 Å². The van der Waals surface area contributed by atoms with E-state index < -0.39 is 0 Å². The lowest BCUT2D eigenvalue weighted by Crippen LogP contribution is -2.35. The molecule has 30 heavy (non-hydrogen) atoms.